The molecule has 31 heavy (non-hydrogen) atoms. The number of Topliss-reactive ketones (excluding diaryl/α,β-unsaturated/α-hetero) is 1. The van der Waals surface area contributed by atoms with E-state index in [9.17, 15) is 4.79 Å². The molecular weight excluding hydrogens is 406 g/mol. The molecule has 0 atom stereocenters. The molecule has 1 saturated heterocycles. The summed E-state index contributed by atoms with van der Waals surface area (Å²) in [4.78, 5) is 15.7. The Labute approximate surface area is 188 Å². The highest BCUT2D eigenvalue weighted by atomic mass is 35.5. The molecule has 0 spiro atoms. The first-order valence-electron chi connectivity index (χ1n) is 10.7. The topological polar surface area (TPSA) is 29.5 Å². The van der Waals surface area contributed by atoms with Gasteiger partial charge < -0.3 is 4.74 Å². The van der Waals surface area contributed by atoms with Crippen LogP contribution in [0.15, 0.2) is 78.9 Å². The fraction of sp³-hybridized carbons (Fsp3) is 0.222. The largest absolute Gasteiger partial charge is 0.492 e. The van der Waals surface area contributed by atoms with Gasteiger partial charge in [-0.1, -0.05) is 66.2 Å². The van der Waals surface area contributed by atoms with Crippen LogP contribution in [0.2, 0.25) is 5.02 Å². The molecule has 0 aromatic heterocycles. The summed E-state index contributed by atoms with van der Waals surface area (Å²) in [6.45, 7) is 4.01. The zero-order valence-corrected chi connectivity index (χ0v) is 18.2. The van der Waals surface area contributed by atoms with E-state index in [1.54, 1.807) is 24.3 Å². The Morgan fingerprint density at radius 2 is 1.61 bits per heavy atom. The van der Waals surface area contributed by atoms with E-state index in [1.807, 2.05) is 60.7 Å². The van der Waals surface area contributed by atoms with Crippen LogP contribution >= 0.6 is 11.6 Å². The third-order valence-electron chi connectivity index (χ3n) is 5.48. The molecule has 0 unspecified atom stereocenters. The van der Waals surface area contributed by atoms with Crippen LogP contribution in [0.3, 0.4) is 0 Å². The van der Waals surface area contributed by atoms with Crippen LogP contribution in [0, 0.1) is 0 Å². The molecule has 4 heteroatoms. The maximum atomic E-state index is 13.3. The molecule has 0 amide bonds. The molecule has 158 valence electrons. The molecule has 0 aliphatic carbocycles. The lowest BCUT2D eigenvalue weighted by atomic mass is 9.95. The summed E-state index contributed by atoms with van der Waals surface area (Å²) in [5.41, 5.74) is 3.02. The van der Waals surface area contributed by atoms with E-state index in [1.165, 1.54) is 25.9 Å². The maximum absolute atomic E-state index is 13.3. The van der Waals surface area contributed by atoms with Gasteiger partial charge in [0.25, 0.3) is 0 Å². The van der Waals surface area contributed by atoms with Crippen molar-refractivity contribution in [1.82, 2.24) is 4.90 Å². The van der Waals surface area contributed by atoms with Gasteiger partial charge in [0.1, 0.15) is 12.4 Å². The van der Waals surface area contributed by atoms with E-state index in [2.05, 4.69) is 4.90 Å². The number of nitrogens with zero attached hydrogens (tertiary/aromatic N) is 1. The van der Waals surface area contributed by atoms with Gasteiger partial charge >= 0.3 is 0 Å². The number of ether oxygens (including phenoxy) is 1. The number of benzene rings is 3. The Kier molecular flexibility index (Phi) is 7.18. The summed E-state index contributed by atoms with van der Waals surface area (Å²) in [5, 5.41) is 0.550. The minimum Gasteiger partial charge on any atom is -0.492 e. The number of hydrogen-bond acceptors (Lipinski definition) is 3. The van der Waals surface area contributed by atoms with Crippen LogP contribution in [0.1, 0.15) is 34.3 Å². The second-order valence-corrected chi connectivity index (χ2v) is 8.17. The minimum absolute atomic E-state index is 0.0559. The van der Waals surface area contributed by atoms with Gasteiger partial charge in [0.05, 0.1) is 0 Å². The molecule has 1 aliphatic rings. The maximum Gasteiger partial charge on any atom is 0.193 e. The first-order chi connectivity index (χ1) is 15.2. The van der Waals surface area contributed by atoms with Gasteiger partial charge in [-0.3, -0.25) is 9.69 Å². The third kappa shape index (κ3) is 5.84. The molecular formula is C27H26ClNO2. The monoisotopic (exact) mass is 431 g/mol. The van der Waals surface area contributed by atoms with Crippen molar-refractivity contribution in [3.05, 3.63) is 101 Å². The average Bonchev–Trinajstić information content (AvgIpc) is 3.32. The lowest BCUT2D eigenvalue weighted by Crippen LogP contribution is -2.25. The van der Waals surface area contributed by atoms with Crippen LogP contribution in [-0.4, -0.2) is 36.9 Å². The Hall–Kier alpha value is -2.88. The van der Waals surface area contributed by atoms with Crippen LogP contribution < -0.4 is 4.74 Å². The van der Waals surface area contributed by atoms with Gasteiger partial charge in [0.15, 0.2) is 5.78 Å². The molecule has 0 saturated carbocycles. The highest BCUT2D eigenvalue weighted by Gasteiger charge is 2.15. The molecule has 1 fully saturated rings. The van der Waals surface area contributed by atoms with Crippen molar-refractivity contribution in [3.8, 4) is 5.75 Å². The summed E-state index contributed by atoms with van der Waals surface area (Å²) in [7, 11) is 0. The summed E-state index contributed by atoms with van der Waals surface area (Å²) in [6, 6.07) is 24.7. The van der Waals surface area contributed by atoms with Gasteiger partial charge in [-0.2, -0.15) is 0 Å². The number of halogens is 1. The average molecular weight is 432 g/mol. The number of ketones is 1. The minimum atomic E-state index is -0.0559. The molecule has 3 nitrogen and oxygen atoms in total. The zero-order chi connectivity index (χ0) is 21.5. The highest BCUT2D eigenvalue weighted by molar-refractivity contribution is 6.34. The number of carbonyl (C=O) groups excluding carboxylic acids is 1. The molecule has 0 radical (unpaired) electrons. The second-order valence-electron chi connectivity index (χ2n) is 7.73. The van der Waals surface area contributed by atoms with Gasteiger partial charge in [0, 0.05) is 22.7 Å². The van der Waals surface area contributed by atoms with Crippen molar-refractivity contribution in [1.29, 1.82) is 0 Å². The fourth-order valence-electron chi connectivity index (χ4n) is 3.81. The Balaban J connectivity index is 1.52. The quantitative estimate of drug-likeness (QED) is 0.240. The normalized spacial score (nSPS) is 14.5. The standard InChI is InChI=1S/C27H26ClNO2/c28-24-10-6-9-23(20-24)27(30)26(22-7-2-1-3-8-22)19-21-11-13-25(14-12-21)31-18-17-29-15-4-5-16-29/h1-3,6-14,19-20H,4-5,15-18H2/b26-19+. The zero-order valence-electron chi connectivity index (χ0n) is 17.5. The lowest BCUT2D eigenvalue weighted by molar-refractivity contribution is 0.105. The van der Waals surface area contributed by atoms with Gasteiger partial charge in [0.2, 0.25) is 0 Å². The second kappa shape index (κ2) is 10.4. The summed E-state index contributed by atoms with van der Waals surface area (Å²) in [5.74, 6) is 0.790. The molecule has 0 bridgehead atoms. The Morgan fingerprint density at radius 3 is 2.32 bits per heavy atom. The van der Waals surface area contributed by atoms with Gasteiger partial charge in [-0.15, -0.1) is 0 Å². The predicted octanol–water partition coefficient (Wildman–Crippen LogP) is 6.24. The smallest absolute Gasteiger partial charge is 0.193 e. The van der Waals surface area contributed by atoms with E-state index in [0.717, 1.165) is 23.4 Å². The molecule has 3 aromatic carbocycles. The molecule has 0 N–H and O–H groups in total. The van der Waals surface area contributed by atoms with Crippen molar-refractivity contribution < 1.29 is 9.53 Å². The molecule has 4 rings (SSSR count). The summed E-state index contributed by atoms with van der Waals surface area (Å²) < 4.78 is 5.90. The van der Waals surface area contributed by atoms with E-state index in [0.29, 0.717) is 22.8 Å². The van der Waals surface area contributed by atoms with E-state index in [-0.39, 0.29) is 5.78 Å². The SMILES string of the molecule is O=C(/C(=C/c1ccc(OCCN2CCCC2)cc1)c1ccccc1)c1cccc(Cl)c1. The van der Waals surface area contributed by atoms with E-state index < -0.39 is 0 Å². The summed E-state index contributed by atoms with van der Waals surface area (Å²) >= 11 is 6.11. The molecule has 3 aromatic rings. The number of rotatable bonds is 8. The van der Waals surface area contributed by atoms with Crippen molar-refractivity contribution in [2.24, 2.45) is 0 Å². The number of allylic oxidation sites excluding steroid dienone is 1. The Bertz CT molecular complexity index is 1040. The number of hydrogen-bond donors (Lipinski definition) is 0. The fourth-order valence-corrected chi connectivity index (χ4v) is 4.00. The van der Waals surface area contributed by atoms with Gasteiger partial charge in [-0.05, 0) is 67.4 Å². The first-order valence-corrected chi connectivity index (χ1v) is 11.1. The van der Waals surface area contributed by atoms with Crippen molar-refractivity contribution in [3.63, 3.8) is 0 Å². The van der Waals surface area contributed by atoms with Crippen LogP contribution in [-0.2, 0) is 0 Å². The van der Waals surface area contributed by atoms with Crippen molar-refractivity contribution in [2.75, 3.05) is 26.2 Å². The molecule has 1 heterocycles. The highest BCUT2D eigenvalue weighted by Crippen LogP contribution is 2.25. The van der Waals surface area contributed by atoms with E-state index in [4.69, 9.17) is 16.3 Å². The number of likely N-dealkylation sites (tertiary alicyclic amines) is 1. The predicted molar refractivity (Wildman–Crippen MR) is 128 cm³/mol. The third-order valence-corrected chi connectivity index (χ3v) is 5.72. The van der Waals surface area contributed by atoms with Crippen molar-refractivity contribution in [2.45, 2.75) is 12.8 Å². The van der Waals surface area contributed by atoms with Crippen LogP contribution in [0.5, 0.6) is 5.75 Å². The Morgan fingerprint density at radius 1 is 0.903 bits per heavy atom. The van der Waals surface area contributed by atoms with Crippen molar-refractivity contribution >= 4 is 29.0 Å². The van der Waals surface area contributed by atoms with E-state index >= 15 is 0 Å². The summed E-state index contributed by atoms with van der Waals surface area (Å²) in [6.07, 6.45) is 4.50. The molecule has 1 aliphatic heterocycles. The van der Waals surface area contributed by atoms with Crippen LogP contribution in [0.25, 0.3) is 11.6 Å². The lowest BCUT2D eigenvalue weighted by Gasteiger charge is -2.15. The van der Waals surface area contributed by atoms with Gasteiger partial charge in [-0.25, -0.2) is 0 Å². The van der Waals surface area contributed by atoms with Crippen LogP contribution in [0.4, 0.5) is 0 Å². The first kappa shape index (κ1) is 21.4. The number of carbonyl (C=O) groups is 1.